The molecule has 2 aliphatic heterocycles. The van der Waals surface area contributed by atoms with E-state index in [0.29, 0.717) is 6.54 Å². The van der Waals surface area contributed by atoms with Crippen molar-refractivity contribution in [3.8, 4) is 0 Å². The molecule has 0 bridgehead atoms. The van der Waals surface area contributed by atoms with E-state index in [0.717, 1.165) is 37.2 Å². The first kappa shape index (κ1) is 13.1. The van der Waals surface area contributed by atoms with Crippen LogP contribution in [0.5, 0.6) is 0 Å². The zero-order valence-corrected chi connectivity index (χ0v) is 11.5. The lowest BCUT2D eigenvalue weighted by Gasteiger charge is -2.21. The molecule has 5 heteroatoms. The van der Waals surface area contributed by atoms with Crippen LogP contribution in [0, 0.1) is 5.92 Å². The van der Waals surface area contributed by atoms with Crippen molar-refractivity contribution >= 4 is 17.6 Å². The van der Waals surface area contributed by atoms with Gasteiger partial charge in [-0.15, -0.1) is 0 Å². The zero-order chi connectivity index (χ0) is 14.3. The summed E-state index contributed by atoms with van der Waals surface area (Å²) in [6.07, 6.45) is 1.70. The number of carbonyl (C=O) groups excluding carboxylic acids is 1. The number of rotatable bonds is 2. The molecule has 1 aromatic carbocycles. The van der Waals surface area contributed by atoms with Gasteiger partial charge in [-0.2, -0.15) is 0 Å². The minimum absolute atomic E-state index is 0.0411. The van der Waals surface area contributed by atoms with Gasteiger partial charge in [0.2, 0.25) is 5.91 Å². The molecule has 1 N–H and O–H groups in total. The van der Waals surface area contributed by atoms with Gasteiger partial charge in [0.15, 0.2) is 0 Å². The Morgan fingerprint density at radius 1 is 1.30 bits per heavy atom. The van der Waals surface area contributed by atoms with Crippen molar-refractivity contribution in [3.05, 3.63) is 29.3 Å². The number of carboxylic acids is 1. The van der Waals surface area contributed by atoms with Crippen molar-refractivity contribution in [2.45, 2.75) is 12.8 Å². The van der Waals surface area contributed by atoms with E-state index in [4.69, 9.17) is 5.11 Å². The lowest BCUT2D eigenvalue weighted by molar-refractivity contribution is -0.121. The van der Waals surface area contributed by atoms with E-state index in [1.807, 2.05) is 13.1 Å². The highest BCUT2D eigenvalue weighted by atomic mass is 16.4. The minimum Gasteiger partial charge on any atom is -0.478 e. The van der Waals surface area contributed by atoms with Crippen molar-refractivity contribution in [2.24, 2.45) is 5.92 Å². The fourth-order valence-electron chi connectivity index (χ4n) is 3.10. The summed E-state index contributed by atoms with van der Waals surface area (Å²) in [5.41, 5.74) is 2.09. The monoisotopic (exact) mass is 274 g/mol. The van der Waals surface area contributed by atoms with Crippen LogP contribution in [-0.4, -0.2) is 48.6 Å². The van der Waals surface area contributed by atoms with Gasteiger partial charge in [0.1, 0.15) is 0 Å². The quantitative estimate of drug-likeness (QED) is 0.881. The summed E-state index contributed by atoms with van der Waals surface area (Å²) < 4.78 is 0. The van der Waals surface area contributed by atoms with Crippen LogP contribution >= 0.6 is 0 Å². The van der Waals surface area contributed by atoms with Crippen LogP contribution in [-0.2, 0) is 11.2 Å². The first-order chi connectivity index (χ1) is 9.56. The Kier molecular flexibility index (Phi) is 3.22. The average Bonchev–Trinajstić information content (AvgIpc) is 3.03. The number of amides is 1. The molecule has 1 atom stereocenters. The second-order valence-corrected chi connectivity index (χ2v) is 5.64. The van der Waals surface area contributed by atoms with Gasteiger partial charge in [-0.25, -0.2) is 4.79 Å². The van der Waals surface area contributed by atoms with Gasteiger partial charge in [-0.1, -0.05) is 6.07 Å². The lowest BCUT2D eigenvalue weighted by atomic mass is 10.1. The van der Waals surface area contributed by atoms with Gasteiger partial charge in [-0.05, 0) is 44.1 Å². The number of aromatic carboxylic acids is 1. The summed E-state index contributed by atoms with van der Waals surface area (Å²) in [5, 5.41) is 9.08. The van der Waals surface area contributed by atoms with Gasteiger partial charge in [0.05, 0.1) is 11.5 Å². The normalized spacial score (nSPS) is 22.1. The maximum Gasteiger partial charge on any atom is 0.335 e. The summed E-state index contributed by atoms with van der Waals surface area (Å²) in [6, 6.07) is 5.06. The highest BCUT2D eigenvalue weighted by Crippen LogP contribution is 2.31. The van der Waals surface area contributed by atoms with Crippen molar-refractivity contribution in [1.82, 2.24) is 4.90 Å². The van der Waals surface area contributed by atoms with E-state index >= 15 is 0 Å². The smallest absolute Gasteiger partial charge is 0.335 e. The highest BCUT2D eigenvalue weighted by molar-refractivity contribution is 5.99. The third-order valence-corrected chi connectivity index (χ3v) is 4.23. The van der Waals surface area contributed by atoms with E-state index in [1.165, 1.54) is 0 Å². The molecule has 0 radical (unpaired) electrons. The Morgan fingerprint density at radius 2 is 2.10 bits per heavy atom. The maximum atomic E-state index is 12.6. The molecule has 1 amide bonds. The number of benzene rings is 1. The molecule has 2 heterocycles. The van der Waals surface area contributed by atoms with Gasteiger partial charge in [0, 0.05) is 18.8 Å². The molecule has 5 nitrogen and oxygen atoms in total. The molecule has 20 heavy (non-hydrogen) atoms. The predicted octanol–water partition coefficient (Wildman–Crippen LogP) is 1.23. The minimum atomic E-state index is -0.951. The molecule has 0 spiro atoms. The van der Waals surface area contributed by atoms with Crippen LogP contribution in [0.3, 0.4) is 0 Å². The molecular weight excluding hydrogens is 256 g/mol. The molecule has 2 aliphatic rings. The molecule has 1 unspecified atom stereocenters. The predicted molar refractivity (Wildman–Crippen MR) is 75.1 cm³/mol. The van der Waals surface area contributed by atoms with Gasteiger partial charge in [0.25, 0.3) is 0 Å². The number of nitrogens with zero attached hydrogens (tertiary/aromatic N) is 2. The largest absolute Gasteiger partial charge is 0.478 e. The number of carbonyl (C=O) groups is 2. The van der Waals surface area contributed by atoms with Crippen molar-refractivity contribution in [1.29, 1.82) is 0 Å². The molecule has 0 aromatic heterocycles. The Morgan fingerprint density at radius 3 is 2.75 bits per heavy atom. The number of likely N-dealkylation sites (tertiary alicyclic amines) is 1. The summed E-state index contributed by atoms with van der Waals surface area (Å²) in [6.45, 7) is 2.41. The van der Waals surface area contributed by atoms with Crippen LogP contribution in [0.4, 0.5) is 5.69 Å². The topological polar surface area (TPSA) is 60.9 Å². The molecule has 1 saturated heterocycles. The van der Waals surface area contributed by atoms with Gasteiger partial charge in [-0.3, -0.25) is 4.79 Å². The first-order valence-corrected chi connectivity index (χ1v) is 6.92. The fraction of sp³-hybridized carbons (Fsp3) is 0.467. The first-order valence-electron chi connectivity index (χ1n) is 6.92. The Labute approximate surface area is 117 Å². The molecule has 0 aliphatic carbocycles. The Balaban J connectivity index is 1.86. The molecule has 3 rings (SSSR count). The van der Waals surface area contributed by atoms with E-state index < -0.39 is 5.97 Å². The number of anilines is 1. The summed E-state index contributed by atoms with van der Waals surface area (Å²) >= 11 is 0. The zero-order valence-electron chi connectivity index (χ0n) is 11.5. The third-order valence-electron chi connectivity index (χ3n) is 4.23. The summed E-state index contributed by atoms with van der Waals surface area (Å²) in [5.74, 6) is -0.775. The molecular formula is C15H18N2O3. The van der Waals surface area contributed by atoms with Gasteiger partial charge < -0.3 is 14.9 Å². The molecule has 0 saturated carbocycles. The van der Waals surface area contributed by atoms with Crippen LogP contribution in [0.25, 0.3) is 0 Å². The van der Waals surface area contributed by atoms with Crippen LogP contribution < -0.4 is 4.90 Å². The Bertz CT molecular complexity index is 570. The maximum absolute atomic E-state index is 12.6. The number of hydrogen-bond donors (Lipinski definition) is 1. The number of fused-ring (bicyclic) bond motifs is 1. The number of carboxylic acid groups (broad SMARTS) is 1. The SMILES string of the molecule is CN1CCC(C(=O)N2CCc3ccc(C(=O)O)cc32)C1. The fourth-order valence-corrected chi connectivity index (χ4v) is 3.10. The van der Waals surface area contributed by atoms with Crippen molar-refractivity contribution in [2.75, 3.05) is 31.6 Å². The second-order valence-electron chi connectivity index (χ2n) is 5.64. The number of hydrogen-bond acceptors (Lipinski definition) is 3. The summed E-state index contributed by atoms with van der Waals surface area (Å²) in [4.78, 5) is 27.6. The van der Waals surface area contributed by atoms with Gasteiger partial charge >= 0.3 is 5.97 Å². The van der Waals surface area contributed by atoms with E-state index in [-0.39, 0.29) is 17.4 Å². The van der Waals surface area contributed by atoms with E-state index in [1.54, 1.807) is 17.0 Å². The van der Waals surface area contributed by atoms with E-state index in [9.17, 15) is 9.59 Å². The lowest BCUT2D eigenvalue weighted by Crippen LogP contribution is -2.36. The van der Waals surface area contributed by atoms with Crippen LogP contribution in [0.15, 0.2) is 18.2 Å². The molecule has 106 valence electrons. The Hall–Kier alpha value is -1.88. The standard InChI is InChI=1S/C15H18N2O3/c1-16-6-4-12(9-16)14(18)17-7-5-10-2-3-11(15(19)20)8-13(10)17/h2-3,8,12H,4-7,9H2,1H3,(H,19,20). The average molecular weight is 274 g/mol. The second kappa shape index (κ2) is 4.90. The summed E-state index contributed by atoms with van der Waals surface area (Å²) in [7, 11) is 2.02. The van der Waals surface area contributed by atoms with Crippen molar-refractivity contribution < 1.29 is 14.7 Å². The molecule has 1 fully saturated rings. The van der Waals surface area contributed by atoms with Crippen LogP contribution in [0.1, 0.15) is 22.3 Å². The molecule has 1 aromatic rings. The van der Waals surface area contributed by atoms with Crippen LogP contribution in [0.2, 0.25) is 0 Å². The van der Waals surface area contributed by atoms with Crippen molar-refractivity contribution in [3.63, 3.8) is 0 Å². The van der Waals surface area contributed by atoms with E-state index in [2.05, 4.69) is 4.90 Å². The highest BCUT2D eigenvalue weighted by Gasteiger charge is 2.33. The third kappa shape index (κ3) is 2.18.